The summed E-state index contributed by atoms with van der Waals surface area (Å²) in [6, 6.07) is 8.19. The smallest absolute Gasteiger partial charge is 0.119 e. The predicted octanol–water partition coefficient (Wildman–Crippen LogP) is 2.40. The molecule has 2 nitrogen and oxygen atoms in total. The zero-order valence-corrected chi connectivity index (χ0v) is 9.63. The van der Waals surface area contributed by atoms with Crippen LogP contribution in [0.4, 0.5) is 0 Å². The fourth-order valence-electron chi connectivity index (χ4n) is 1.22. The third kappa shape index (κ3) is 3.60. The minimum atomic E-state index is 0.718. The standard InChI is InChI=1S/C11H17NOS/c1-3-13-11-6-4-10(5-7-11)8-12(2)9-14/h4-7,14H,3,8-9H2,1-2H3. The first-order chi connectivity index (χ1) is 6.76. The van der Waals surface area contributed by atoms with Crippen LogP contribution in [-0.4, -0.2) is 24.4 Å². The molecular weight excluding hydrogens is 194 g/mol. The Morgan fingerprint density at radius 3 is 2.43 bits per heavy atom. The van der Waals surface area contributed by atoms with E-state index in [1.54, 1.807) is 0 Å². The summed E-state index contributed by atoms with van der Waals surface area (Å²) in [6.45, 7) is 3.63. The second-order valence-corrected chi connectivity index (χ2v) is 3.52. The summed E-state index contributed by atoms with van der Waals surface area (Å²) in [5.74, 6) is 1.71. The molecule has 0 amide bonds. The number of thiol groups is 1. The first-order valence-corrected chi connectivity index (χ1v) is 5.40. The normalized spacial score (nSPS) is 10.6. The van der Waals surface area contributed by atoms with Gasteiger partial charge in [-0.25, -0.2) is 0 Å². The van der Waals surface area contributed by atoms with Crippen LogP contribution >= 0.6 is 12.6 Å². The molecule has 14 heavy (non-hydrogen) atoms. The molecular formula is C11H17NOS. The molecule has 0 heterocycles. The van der Waals surface area contributed by atoms with E-state index in [1.165, 1.54) is 5.56 Å². The minimum Gasteiger partial charge on any atom is -0.494 e. The van der Waals surface area contributed by atoms with E-state index in [0.29, 0.717) is 0 Å². The van der Waals surface area contributed by atoms with Crippen molar-refractivity contribution in [1.82, 2.24) is 4.90 Å². The molecule has 0 aliphatic carbocycles. The Balaban J connectivity index is 2.54. The van der Waals surface area contributed by atoms with Gasteiger partial charge in [0.2, 0.25) is 0 Å². The van der Waals surface area contributed by atoms with Gasteiger partial charge < -0.3 is 4.74 Å². The van der Waals surface area contributed by atoms with E-state index >= 15 is 0 Å². The summed E-state index contributed by atoms with van der Waals surface area (Å²) in [5, 5.41) is 0. The molecule has 3 heteroatoms. The van der Waals surface area contributed by atoms with Crippen LogP contribution in [0.1, 0.15) is 12.5 Å². The molecule has 0 atom stereocenters. The topological polar surface area (TPSA) is 12.5 Å². The van der Waals surface area contributed by atoms with Crippen molar-refractivity contribution >= 4 is 12.6 Å². The molecule has 0 unspecified atom stereocenters. The van der Waals surface area contributed by atoms with Crippen LogP contribution in [0.25, 0.3) is 0 Å². The van der Waals surface area contributed by atoms with Gasteiger partial charge in [0, 0.05) is 12.4 Å². The van der Waals surface area contributed by atoms with E-state index in [4.69, 9.17) is 4.74 Å². The van der Waals surface area contributed by atoms with Gasteiger partial charge in [0.1, 0.15) is 5.75 Å². The van der Waals surface area contributed by atoms with Gasteiger partial charge in [0.25, 0.3) is 0 Å². The van der Waals surface area contributed by atoms with E-state index in [2.05, 4.69) is 29.7 Å². The Kier molecular flexibility index (Phi) is 4.84. The lowest BCUT2D eigenvalue weighted by molar-refractivity contribution is 0.339. The van der Waals surface area contributed by atoms with Crippen LogP contribution in [0.5, 0.6) is 5.75 Å². The van der Waals surface area contributed by atoms with Crippen LogP contribution in [0.2, 0.25) is 0 Å². The molecule has 0 N–H and O–H groups in total. The summed E-state index contributed by atoms with van der Waals surface area (Å²) in [7, 11) is 2.05. The third-order valence-corrected chi connectivity index (χ3v) is 2.41. The number of rotatable bonds is 5. The third-order valence-electron chi connectivity index (χ3n) is 1.93. The molecule has 0 aromatic heterocycles. The van der Waals surface area contributed by atoms with Crippen molar-refractivity contribution in [2.45, 2.75) is 13.5 Å². The van der Waals surface area contributed by atoms with Gasteiger partial charge in [0.05, 0.1) is 6.61 Å². The maximum atomic E-state index is 5.36. The predicted molar refractivity (Wildman–Crippen MR) is 62.9 cm³/mol. The molecule has 1 rings (SSSR count). The molecule has 0 saturated carbocycles. The van der Waals surface area contributed by atoms with Crippen molar-refractivity contribution in [3.8, 4) is 5.75 Å². The van der Waals surface area contributed by atoms with Crippen molar-refractivity contribution in [2.75, 3.05) is 19.5 Å². The molecule has 78 valence electrons. The molecule has 0 fully saturated rings. The van der Waals surface area contributed by atoms with Crippen molar-refractivity contribution in [2.24, 2.45) is 0 Å². The van der Waals surface area contributed by atoms with E-state index in [1.807, 2.05) is 26.1 Å². The second kappa shape index (κ2) is 5.94. The van der Waals surface area contributed by atoms with Gasteiger partial charge in [-0.05, 0) is 31.7 Å². The molecule has 0 aliphatic heterocycles. The molecule has 0 saturated heterocycles. The lowest BCUT2D eigenvalue weighted by atomic mass is 10.2. The molecule has 1 aromatic rings. The zero-order valence-electron chi connectivity index (χ0n) is 8.73. The fourth-order valence-corrected chi connectivity index (χ4v) is 1.32. The Labute approximate surface area is 91.3 Å². The Bertz CT molecular complexity index is 260. The lowest BCUT2D eigenvalue weighted by Gasteiger charge is -2.13. The van der Waals surface area contributed by atoms with Gasteiger partial charge in [-0.1, -0.05) is 12.1 Å². The van der Waals surface area contributed by atoms with Gasteiger partial charge >= 0.3 is 0 Å². The first kappa shape index (κ1) is 11.4. The summed E-state index contributed by atoms with van der Waals surface area (Å²) in [4.78, 5) is 2.14. The van der Waals surface area contributed by atoms with Gasteiger partial charge in [0.15, 0.2) is 0 Å². The summed E-state index contributed by atoms with van der Waals surface area (Å²) >= 11 is 4.20. The first-order valence-electron chi connectivity index (χ1n) is 4.77. The Morgan fingerprint density at radius 1 is 1.29 bits per heavy atom. The lowest BCUT2D eigenvalue weighted by Crippen LogP contribution is -2.15. The summed E-state index contributed by atoms with van der Waals surface area (Å²) < 4.78 is 5.36. The van der Waals surface area contributed by atoms with Crippen molar-refractivity contribution < 1.29 is 4.74 Å². The number of benzene rings is 1. The Hall–Kier alpha value is -0.670. The van der Waals surface area contributed by atoms with Crippen LogP contribution in [-0.2, 0) is 6.54 Å². The van der Waals surface area contributed by atoms with E-state index in [9.17, 15) is 0 Å². The van der Waals surface area contributed by atoms with Crippen molar-refractivity contribution in [3.05, 3.63) is 29.8 Å². The largest absolute Gasteiger partial charge is 0.494 e. The average Bonchev–Trinajstić information content (AvgIpc) is 2.21. The highest BCUT2D eigenvalue weighted by atomic mass is 32.1. The number of nitrogens with zero attached hydrogens (tertiary/aromatic N) is 1. The van der Waals surface area contributed by atoms with Crippen molar-refractivity contribution in [3.63, 3.8) is 0 Å². The highest BCUT2D eigenvalue weighted by Crippen LogP contribution is 2.13. The van der Waals surface area contributed by atoms with Gasteiger partial charge in [-0.3, -0.25) is 4.90 Å². The SMILES string of the molecule is CCOc1ccc(CN(C)CS)cc1. The summed E-state index contributed by atoms with van der Waals surface area (Å²) in [6.07, 6.45) is 0. The van der Waals surface area contributed by atoms with Gasteiger partial charge in [-0.15, -0.1) is 0 Å². The molecule has 0 radical (unpaired) electrons. The highest BCUT2D eigenvalue weighted by molar-refractivity contribution is 7.80. The average molecular weight is 211 g/mol. The van der Waals surface area contributed by atoms with E-state index in [-0.39, 0.29) is 0 Å². The zero-order chi connectivity index (χ0) is 10.4. The van der Waals surface area contributed by atoms with Crippen LogP contribution < -0.4 is 4.74 Å². The van der Waals surface area contributed by atoms with E-state index < -0.39 is 0 Å². The van der Waals surface area contributed by atoms with Crippen LogP contribution in [0.3, 0.4) is 0 Å². The minimum absolute atomic E-state index is 0.718. The number of hydrogen-bond acceptors (Lipinski definition) is 3. The second-order valence-electron chi connectivity index (χ2n) is 3.23. The maximum absolute atomic E-state index is 5.36. The molecule has 0 bridgehead atoms. The molecule has 0 aliphatic rings. The fraction of sp³-hybridized carbons (Fsp3) is 0.455. The number of hydrogen-bond donors (Lipinski definition) is 1. The van der Waals surface area contributed by atoms with E-state index in [0.717, 1.165) is 24.8 Å². The summed E-state index contributed by atoms with van der Waals surface area (Å²) in [5.41, 5.74) is 1.28. The molecule has 0 spiro atoms. The number of ether oxygens (including phenoxy) is 1. The molecule has 1 aromatic carbocycles. The quantitative estimate of drug-likeness (QED) is 0.593. The van der Waals surface area contributed by atoms with Crippen molar-refractivity contribution in [1.29, 1.82) is 0 Å². The Morgan fingerprint density at radius 2 is 1.93 bits per heavy atom. The highest BCUT2D eigenvalue weighted by Gasteiger charge is 1.98. The van der Waals surface area contributed by atoms with Crippen LogP contribution in [0.15, 0.2) is 24.3 Å². The van der Waals surface area contributed by atoms with Crippen LogP contribution in [0, 0.1) is 0 Å². The maximum Gasteiger partial charge on any atom is 0.119 e. The monoisotopic (exact) mass is 211 g/mol. The van der Waals surface area contributed by atoms with Gasteiger partial charge in [-0.2, -0.15) is 12.6 Å².